The van der Waals surface area contributed by atoms with Gasteiger partial charge in [0.15, 0.2) is 0 Å². The quantitative estimate of drug-likeness (QED) is 0.744. The van der Waals surface area contributed by atoms with Gasteiger partial charge in [0.1, 0.15) is 6.04 Å². The summed E-state index contributed by atoms with van der Waals surface area (Å²) in [6, 6.07) is 10.4. The van der Waals surface area contributed by atoms with E-state index in [4.69, 9.17) is 5.73 Å². The second kappa shape index (κ2) is 7.26. The second-order valence-electron chi connectivity index (χ2n) is 5.10. The molecule has 19 heavy (non-hydrogen) atoms. The Balaban J connectivity index is 1.71. The van der Waals surface area contributed by atoms with E-state index in [1.165, 1.54) is 5.56 Å². The Morgan fingerprint density at radius 1 is 1.32 bits per heavy atom. The van der Waals surface area contributed by atoms with Crippen molar-refractivity contribution < 1.29 is 4.79 Å². The van der Waals surface area contributed by atoms with E-state index >= 15 is 0 Å². The summed E-state index contributed by atoms with van der Waals surface area (Å²) < 4.78 is 0. The topological polar surface area (TPSA) is 58.4 Å². The first kappa shape index (κ1) is 14.0. The summed E-state index contributed by atoms with van der Waals surface area (Å²) in [6.45, 7) is 3.51. The molecule has 1 aromatic rings. The van der Waals surface area contributed by atoms with Crippen molar-refractivity contribution >= 4 is 5.91 Å². The predicted molar refractivity (Wildman–Crippen MR) is 76.8 cm³/mol. The number of nitrogens with two attached hydrogens (primary N) is 1. The summed E-state index contributed by atoms with van der Waals surface area (Å²) in [4.78, 5) is 13.6. The Kier molecular flexibility index (Phi) is 5.36. The van der Waals surface area contributed by atoms with E-state index in [0.717, 1.165) is 38.9 Å². The molecule has 1 aliphatic heterocycles. The van der Waals surface area contributed by atoms with Crippen molar-refractivity contribution in [3.05, 3.63) is 35.9 Å². The maximum Gasteiger partial charge on any atom is 0.236 e. The van der Waals surface area contributed by atoms with Crippen molar-refractivity contribution in [3.63, 3.8) is 0 Å². The van der Waals surface area contributed by atoms with Gasteiger partial charge in [-0.2, -0.15) is 0 Å². The fourth-order valence-electron chi connectivity index (χ4n) is 2.58. The molecule has 1 atom stereocenters. The fraction of sp³-hybridized carbons (Fsp3) is 0.533. The summed E-state index contributed by atoms with van der Waals surface area (Å²) in [5.74, 6) is -0.213. The number of amides is 1. The normalized spacial score (nSPS) is 20.3. The van der Waals surface area contributed by atoms with Crippen LogP contribution in [-0.4, -0.2) is 43.0 Å². The number of primary amides is 1. The molecule has 104 valence electrons. The van der Waals surface area contributed by atoms with Gasteiger partial charge in [-0.15, -0.1) is 0 Å². The smallest absolute Gasteiger partial charge is 0.236 e. The van der Waals surface area contributed by atoms with Gasteiger partial charge in [-0.3, -0.25) is 9.69 Å². The first-order valence-corrected chi connectivity index (χ1v) is 7.05. The Morgan fingerprint density at radius 3 is 2.84 bits per heavy atom. The van der Waals surface area contributed by atoms with Crippen LogP contribution < -0.4 is 11.1 Å². The molecule has 1 aliphatic rings. The summed E-state index contributed by atoms with van der Waals surface area (Å²) in [5.41, 5.74) is 6.82. The van der Waals surface area contributed by atoms with Crippen molar-refractivity contribution in [2.24, 2.45) is 5.73 Å². The van der Waals surface area contributed by atoms with Gasteiger partial charge in [0, 0.05) is 19.6 Å². The first-order valence-electron chi connectivity index (χ1n) is 7.05. The number of benzene rings is 1. The lowest BCUT2D eigenvalue weighted by molar-refractivity contribution is -0.123. The number of hydrogen-bond donors (Lipinski definition) is 2. The first-order chi connectivity index (χ1) is 9.27. The maximum absolute atomic E-state index is 11.4. The Hall–Kier alpha value is -1.39. The van der Waals surface area contributed by atoms with Gasteiger partial charge in [0.2, 0.25) is 5.91 Å². The number of hydrogen-bond acceptors (Lipinski definition) is 3. The molecule has 3 N–H and O–H groups in total. The zero-order valence-corrected chi connectivity index (χ0v) is 11.3. The molecule has 0 bridgehead atoms. The van der Waals surface area contributed by atoms with Gasteiger partial charge in [-0.05, 0) is 31.4 Å². The molecule has 1 heterocycles. The van der Waals surface area contributed by atoms with Crippen LogP contribution >= 0.6 is 0 Å². The molecular formula is C15H23N3O. The monoisotopic (exact) mass is 261 g/mol. The van der Waals surface area contributed by atoms with Gasteiger partial charge in [-0.25, -0.2) is 0 Å². The third kappa shape index (κ3) is 4.33. The van der Waals surface area contributed by atoms with Crippen LogP contribution in [0.5, 0.6) is 0 Å². The van der Waals surface area contributed by atoms with Crippen LogP contribution in [-0.2, 0) is 11.2 Å². The Labute approximate surface area is 115 Å². The number of rotatable bonds is 6. The van der Waals surface area contributed by atoms with Crippen LogP contribution in [0.4, 0.5) is 0 Å². The van der Waals surface area contributed by atoms with Gasteiger partial charge < -0.3 is 11.1 Å². The number of aryl methyl sites for hydroxylation is 1. The average Bonchev–Trinajstić information content (AvgIpc) is 2.45. The molecule has 1 fully saturated rings. The van der Waals surface area contributed by atoms with Crippen LogP contribution in [0.2, 0.25) is 0 Å². The van der Waals surface area contributed by atoms with Gasteiger partial charge in [0.25, 0.3) is 0 Å². The molecule has 0 aliphatic carbocycles. The minimum absolute atomic E-state index is 0.134. The zero-order valence-electron chi connectivity index (χ0n) is 11.3. The highest BCUT2D eigenvalue weighted by Gasteiger charge is 2.25. The molecular weight excluding hydrogens is 238 g/mol. The van der Waals surface area contributed by atoms with Crippen molar-refractivity contribution in [2.45, 2.75) is 25.3 Å². The van der Waals surface area contributed by atoms with Crippen molar-refractivity contribution in [2.75, 3.05) is 26.2 Å². The van der Waals surface area contributed by atoms with E-state index in [1.807, 2.05) is 6.07 Å². The van der Waals surface area contributed by atoms with Crippen LogP contribution in [0.15, 0.2) is 30.3 Å². The highest BCUT2D eigenvalue weighted by molar-refractivity contribution is 5.80. The van der Waals surface area contributed by atoms with Crippen LogP contribution in [0.25, 0.3) is 0 Å². The van der Waals surface area contributed by atoms with Crippen molar-refractivity contribution in [3.8, 4) is 0 Å². The lowest BCUT2D eigenvalue weighted by Gasteiger charge is -2.34. The number of nitrogens with one attached hydrogen (secondary N) is 1. The average molecular weight is 261 g/mol. The van der Waals surface area contributed by atoms with Crippen molar-refractivity contribution in [1.29, 1.82) is 0 Å². The Morgan fingerprint density at radius 2 is 2.11 bits per heavy atom. The predicted octanol–water partition coefficient (Wildman–Crippen LogP) is 0.768. The van der Waals surface area contributed by atoms with E-state index in [0.29, 0.717) is 6.54 Å². The van der Waals surface area contributed by atoms with E-state index in [1.54, 1.807) is 0 Å². The minimum Gasteiger partial charge on any atom is -0.368 e. The molecule has 0 aromatic heterocycles. The standard InChI is InChI=1S/C15H23N3O/c16-15(19)14-12-17-9-11-18(14)10-5-4-8-13-6-2-1-3-7-13/h1-3,6-7,14,17H,4-5,8-12H2,(H2,16,19). The van der Waals surface area contributed by atoms with Crippen LogP contribution in [0, 0.1) is 0 Å². The molecule has 4 heteroatoms. The minimum atomic E-state index is -0.213. The molecule has 1 amide bonds. The van der Waals surface area contributed by atoms with E-state index < -0.39 is 0 Å². The fourth-order valence-corrected chi connectivity index (χ4v) is 2.58. The lowest BCUT2D eigenvalue weighted by atomic mass is 10.1. The number of piperazine rings is 1. The second-order valence-corrected chi connectivity index (χ2v) is 5.10. The summed E-state index contributed by atoms with van der Waals surface area (Å²) >= 11 is 0. The molecule has 1 aromatic carbocycles. The van der Waals surface area contributed by atoms with E-state index in [-0.39, 0.29) is 11.9 Å². The van der Waals surface area contributed by atoms with Crippen LogP contribution in [0.1, 0.15) is 18.4 Å². The van der Waals surface area contributed by atoms with Gasteiger partial charge in [-0.1, -0.05) is 30.3 Å². The Bertz CT molecular complexity index is 394. The number of carbonyl (C=O) groups is 1. The number of carbonyl (C=O) groups excluding carboxylic acids is 1. The zero-order chi connectivity index (χ0) is 13.5. The molecule has 4 nitrogen and oxygen atoms in total. The third-order valence-electron chi connectivity index (χ3n) is 3.69. The lowest BCUT2D eigenvalue weighted by Crippen LogP contribution is -2.56. The molecule has 0 spiro atoms. The van der Waals surface area contributed by atoms with Crippen molar-refractivity contribution in [1.82, 2.24) is 10.2 Å². The van der Waals surface area contributed by atoms with Crippen LogP contribution in [0.3, 0.4) is 0 Å². The molecule has 1 saturated heterocycles. The molecule has 2 rings (SSSR count). The maximum atomic E-state index is 11.4. The highest BCUT2D eigenvalue weighted by Crippen LogP contribution is 2.08. The molecule has 0 radical (unpaired) electrons. The summed E-state index contributed by atoms with van der Waals surface area (Å²) in [7, 11) is 0. The summed E-state index contributed by atoms with van der Waals surface area (Å²) in [5, 5.41) is 3.22. The van der Waals surface area contributed by atoms with Gasteiger partial charge >= 0.3 is 0 Å². The molecule has 1 unspecified atom stereocenters. The third-order valence-corrected chi connectivity index (χ3v) is 3.69. The SMILES string of the molecule is NC(=O)C1CNCCN1CCCCc1ccccc1. The highest BCUT2D eigenvalue weighted by atomic mass is 16.1. The summed E-state index contributed by atoms with van der Waals surface area (Å²) in [6.07, 6.45) is 3.37. The van der Waals surface area contributed by atoms with E-state index in [2.05, 4.69) is 34.5 Å². The van der Waals surface area contributed by atoms with E-state index in [9.17, 15) is 4.79 Å². The number of unbranched alkanes of at least 4 members (excludes halogenated alkanes) is 1. The largest absolute Gasteiger partial charge is 0.368 e. The number of nitrogens with zero attached hydrogens (tertiary/aromatic N) is 1. The molecule has 0 saturated carbocycles. The van der Waals surface area contributed by atoms with Gasteiger partial charge in [0.05, 0.1) is 0 Å².